The molecule has 4 rings (SSSR count). The number of rotatable bonds is 3. The van der Waals surface area contributed by atoms with E-state index in [9.17, 15) is 9.59 Å². The van der Waals surface area contributed by atoms with Crippen molar-refractivity contribution in [3.05, 3.63) is 44.7 Å². The van der Waals surface area contributed by atoms with Gasteiger partial charge in [0.2, 0.25) is 5.95 Å². The summed E-state index contributed by atoms with van der Waals surface area (Å²) in [6.45, 7) is 8.22. The molecular formula is C19H25N7O2. The summed E-state index contributed by atoms with van der Waals surface area (Å²) in [5, 5.41) is 9.31. The molecule has 1 aliphatic rings. The first kappa shape index (κ1) is 18.4. The van der Waals surface area contributed by atoms with Crippen molar-refractivity contribution in [1.29, 1.82) is 0 Å². The molecule has 0 amide bonds. The molecule has 28 heavy (non-hydrogen) atoms. The first-order valence-electron chi connectivity index (χ1n) is 9.37. The highest BCUT2D eigenvalue weighted by atomic mass is 16.1. The topological polar surface area (TPSA) is 90.8 Å². The minimum atomic E-state index is -0.110. The molecular weight excluding hydrogens is 358 g/mol. The molecule has 0 radical (unpaired) electrons. The third-order valence-corrected chi connectivity index (χ3v) is 5.16. The van der Waals surface area contributed by atoms with E-state index in [0.29, 0.717) is 36.6 Å². The lowest BCUT2D eigenvalue weighted by molar-refractivity contribution is 0.323. The molecule has 3 aromatic heterocycles. The van der Waals surface area contributed by atoms with Crippen molar-refractivity contribution in [2.45, 2.75) is 32.7 Å². The lowest BCUT2D eigenvalue weighted by atomic mass is 9.92. The molecule has 0 N–H and O–H groups in total. The molecule has 9 nitrogen and oxygen atoms in total. The van der Waals surface area contributed by atoms with E-state index in [1.807, 2.05) is 4.90 Å². The van der Waals surface area contributed by atoms with Crippen molar-refractivity contribution in [2.24, 2.45) is 20.0 Å². The predicted octanol–water partition coefficient (Wildman–Crippen LogP) is 0.658. The first-order valence-corrected chi connectivity index (χ1v) is 9.37. The van der Waals surface area contributed by atoms with Crippen LogP contribution >= 0.6 is 0 Å². The Morgan fingerprint density at radius 2 is 1.82 bits per heavy atom. The fourth-order valence-electron chi connectivity index (χ4n) is 3.51. The molecule has 1 saturated heterocycles. The third kappa shape index (κ3) is 3.10. The van der Waals surface area contributed by atoms with Gasteiger partial charge in [0.05, 0.1) is 12.2 Å². The molecule has 3 aromatic rings. The molecule has 1 aliphatic heterocycles. The van der Waals surface area contributed by atoms with Crippen LogP contribution in [0.4, 0.5) is 5.95 Å². The summed E-state index contributed by atoms with van der Waals surface area (Å²) in [5.41, 5.74) is 1.05. The summed E-state index contributed by atoms with van der Waals surface area (Å²) in [4.78, 5) is 31.3. The van der Waals surface area contributed by atoms with E-state index in [-0.39, 0.29) is 22.5 Å². The van der Waals surface area contributed by atoms with Crippen LogP contribution in [-0.2, 0) is 26.1 Å². The number of aromatic nitrogens is 6. The number of hydrogen-bond donors (Lipinski definition) is 0. The number of nitrogens with zero attached hydrogens (tertiary/aromatic N) is 7. The zero-order chi connectivity index (χ0) is 20.2. The monoisotopic (exact) mass is 383 g/mol. The Morgan fingerprint density at radius 3 is 2.50 bits per heavy atom. The summed E-state index contributed by atoms with van der Waals surface area (Å²) in [6.07, 6.45) is 1.69. The zero-order valence-electron chi connectivity index (χ0n) is 16.9. The van der Waals surface area contributed by atoms with Gasteiger partial charge in [0.1, 0.15) is 5.39 Å². The molecule has 4 heterocycles. The lowest BCUT2D eigenvalue weighted by Gasteiger charge is -2.40. The number of fused-ring (bicyclic) bond motifs is 1. The Hall–Kier alpha value is -2.97. The number of anilines is 1. The number of hydrogen-bond acceptors (Lipinski definition) is 6. The average molecular weight is 383 g/mol. The molecule has 0 atom stereocenters. The van der Waals surface area contributed by atoms with Crippen LogP contribution < -0.4 is 16.0 Å². The smallest absolute Gasteiger partial charge is 0.266 e. The Balaban J connectivity index is 1.53. The van der Waals surface area contributed by atoms with Crippen LogP contribution in [0, 0.1) is 5.92 Å². The number of aryl methyl sites for hydroxylation is 1. The molecule has 0 spiro atoms. The van der Waals surface area contributed by atoms with Crippen LogP contribution in [-0.4, -0.2) is 42.2 Å². The Morgan fingerprint density at radius 1 is 1.11 bits per heavy atom. The van der Waals surface area contributed by atoms with Crippen LogP contribution in [0.15, 0.2) is 27.9 Å². The summed E-state index contributed by atoms with van der Waals surface area (Å²) < 4.78 is 4.71. The molecule has 0 aliphatic carbocycles. The van der Waals surface area contributed by atoms with Crippen LogP contribution in [0.25, 0.3) is 11.0 Å². The van der Waals surface area contributed by atoms with E-state index in [1.54, 1.807) is 46.4 Å². The second-order valence-electron chi connectivity index (χ2n) is 8.58. The van der Waals surface area contributed by atoms with Gasteiger partial charge in [0.25, 0.3) is 11.1 Å². The SMILES string of the molecule is Cn1cc2c(=O)n(C)c(N3CC(Cn4nc(C(C)(C)C)ccc4=O)C3)nc2n1. The predicted molar refractivity (Wildman–Crippen MR) is 107 cm³/mol. The Bertz CT molecular complexity index is 1160. The molecule has 1 fully saturated rings. The van der Waals surface area contributed by atoms with Gasteiger partial charge in [0.15, 0.2) is 5.65 Å². The standard InChI is InChI=1S/C19H25N7O2/c1-19(2,3)14-6-7-15(27)26(21-14)10-12-8-25(9-12)18-20-16-13(11-23(4)22-16)17(28)24(18)5/h6-7,11-12H,8-10H2,1-5H3. The van der Waals surface area contributed by atoms with Gasteiger partial charge < -0.3 is 4.90 Å². The van der Waals surface area contributed by atoms with E-state index < -0.39 is 0 Å². The van der Waals surface area contributed by atoms with Crippen LogP contribution in [0.3, 0.4) is 0 Å². The van der Waals surface area contributed by atoms with Crippen LogP contribution in [0.2, 0.25) is 0 Å². The first-order chi connectivity index (χ1) is 13.1. The zero-order valence-corrected chi connectivity index (χ0v) is 16.9. The fourth-order valence-corrected chi connectivity index (χ4v) is 3.51. The van der Waals surface area contributed by atoms with Crippen molar-refractivity contribution in [1.82, 2.24) is 29.1 Å². The summed E-state index contributed by atoms with van der Waals surface area (Å²) >= 11 is 0. The summed E-state index contributed by atoms with van der Waals surface area (Å²) in [5.74, 6) is 0.882. The van der Waals surface area contributed by atoms with Gasteiger partial charge in [-0.3, -0.25) is 18.8 Å². The van der Waals surface area contributed by atoms with E-state index in [0.717, 1.165) is 5.69 Å². The largest absolute Gasteiger partial charge is 0.341 e. The normalized spacial score (nSPS) is 15.2. The van der Waals surface area contributed by atoms with Gasteiger partial charge in [-0.2, -0.15) is 15.2 Å². The van der Waals surface area contributed by atoms with Gasteiger partial charge in [-0.05, 0) is 6.07 Å². The Kier molecular flexibility index (Phi) is 4.13. The van der Waals surface area contributed by atoms with Crippen molar-refractivity contribution >= 4 is 17.0 Å². The van der Waals surface area contributed by atoms with Gasteiger partial charge in [0, 0.05) is 50.8 Å². The molecule has 0 saturated carbocycles. The molecule has 148 valence electrons. The Labute approximate surface area is 162 Å². The molecule has 0 aromatic carbocycles. The lowest BCUT2D eigenvalue weighted by Crippen LogP contribution is -2.51. The van der Waals surface area contributed by atoms with E-state index in [4.69, 9.17) is 0 Å². The van der Waals surface area contributed by atoms with Crippen LogP contribution in [0.5, 0.6) is 0 Å². The van der Waals surface area contributed by atoms with E-state index in [2.05, 4.69) is 36.0 Å². The quantitative estimate of drug-likeness (QED) is 0.660. The highest BCUT2D eigenvalue weighted by Crippen LogP contribution is 2.24. The van der Waals surface area contributed by atoms with Gasteiger partial charge in [-0.25, -0.2) is 4.68 Å². The van der Waals surface area contributed by atoms with Crippen molar-refractivity contribution < 1.29 is 0 Å². The average Bonchev–Trinajstić information content (AvgIpc) is 2.95. The summed E-state index contributed by atoms with van der Waals surface area (Å²) in [6, 6.07) is 3.39. The van der Waals surface area contributed by atoms with E-state index >= 15 is 0 Å². The maximum Gasteiger partial charge on any atom is 0.266 e. The third-order valence-electron chi connectivity index (χ3n) is 5.16. The highest BCUT2D eigenvalue weighted by molar-refractivity contribution is 5.74. The molecule has 9 heteroatoms. The minimum absolute atomic E-state index is 0.0909. The summed E-state index contributed by atoms with van der Waals surface area (Å²) in [7, 11) is 3.50. The van der Waals surface area contributed by atoms with Crippen LogP contribution in [0.1, 0.15) is 26.5 Å². The van der Waals surface area contributed by atoms with Gasteiger partial charge in [-0.1, -0.05) is 20.8 Å². The highest BCUT2D eigenvalue weighted by Gasteiger charge is 2.31. The van der Waals surface area contributed by atoms with Gasteiger partial charge in [-0.15, -0.1) is 0 Å². The van der Waals surface area contributed by atoms with Crippen molar-refractivity contribution in [3.8, 4) is 0 Å². The second-order valence-corrected chi connectivity index (χ2v) is 8.58. The molecule has 0 unspecified atom stereocenters. The van der Waals surface area contributed by atoms with E-state index in [1.165, 1.54) is 0 Å². The van der Waals surface area contributed by atoms with Crippen molar-refractivity contribution in [3.63, 3.8) is 0 Å². The second kappa shape index (κ2) is 6.29. The maximum atomic E-state index is 12.5. The van der Waals surface area contributed by atoms with Gasteiger partial charge >= 0.3 is 0 Å². The molecule has 0 bridgehead atoms. The maximum absolute atomic E-state index is 12.5. The minimum Gasteiger partial charge on any atom is -0.341 e. The fraction of sp³-hybridized carbons (Fsp3) is 0.526. The van der Waals surface area contributed by atoms with Crippen molar-refractivity contribution in [2.75, 3.05) is 18.0 Å².